The number of nitrogens with zero attached hydrogens (tertiary/aromatic N) is 1. The second kappa shape index (κ2) is 8.58. The standard InChI is InChI=1S/C21H22F3NO5S/c22-21(23,24)31(26,27)30-17-7-3-5-15(11-17)16-6-4-10-25(12-16)13-18-14-28-19-8-1-2-9-20(19)29-18/h1-3,5,7-9,11,16,18H,4,6,10,12-14H2/t16-,18-/m0/s1. The summed E-state index contributed by atoms with van der Waals surface area (Å²) in [5.74, 6) is 1.14. The van der Waals surface area contributed by atoms with Crippen molar-refractivity contribution in [2.45, 2.75) is 30.4 Å². The molecular weight excluding hydrogens is 435 g/mol. The predicted molar refractivity (Wildman–Crippen MR) is 107 cm³/mol. The van der Waals surface area contributed by atoms with Gasteiger partial charge in [-0.2, -0.15) is 21.6 Å². The van der Waals surface area contributed by atoms with Gasteiger partial charge < -0.3 is 13.7 Å². The van der Waals surface area contributed by atoms with Crippen molar-refractivity contribution in [3.8, 4) is 17.2 Å². The Hall–Kier alpha value is -2.46. The number of para-hydroxylation sites is 2. The average molecular weight is 457 g/mol. The molecule has 0 amide bonds. The minimum atomic E-state index is -5.69. The Morgan fingerprint density at radius 3 is 2.65 bits per heavy atom. The van der Waals surface area contributed by atoms with E-state index in [-0.39, 0.29) is 17.8 Å². The third-order valence-corrected chi connectivity index (χ3v) is 6.33. The molecule has 31 heavy (non-hydrogen) atoms. The van der Waals surface area contributed by atoms with Crippen LogP contribution in [0.1, 0.15) is 24.3 Å². The fourth-order valence-corrected chi connectivity index (χ4v) is 4.38. The van der Waals surface area contributed by atoms with Crippen molar-refractivity contribution in [1.29, 1.82) is 0 Å². The predicted octanol–water partition coefficient (Wildman–Crippen LogP) is 3.93. The topological polar surface area (TPSA) is 65.1 Å². The fourth-order valence-electron chi connectivity index (χ4n) is 3.93. The van der Waals surface area contributed by atoms with Gasteiger partial charge in [0, 0.05) is 13.1 Å². The Morgan fingerprint density at radius 2 is 1.87 bits per heavy atom. The van der Waals surface area contributed by atoms with Gasteiger partial charge in [0.2, 0.25) is 0 Å². The number of hydrogen-bond acceptors (Lipinski definition) is 6. The molecule has 6 nitrogen and oxygen atoms in total. The molecule has 0 aliphatic carbocycles. The zero-order valence-electron chi connectivity index (χ0n) is 16.5. The van der Waals surface area contributed by atoms with Crippen LogP contribution in [0.3, 0.4) is 0 Å². The van der Waals surface area contributed by atoms with Crippen molar-refractivity contribution in [2.75, 3.05) is 26.2 Å². The Bertz CT molecular complexity index is 1030. The maximum atomic E-state index is 12.6. The summed E-state index contributed by atoms with van der Waals surface area (Å²) in [5, 5.41) is 0. The number of ether oxygens (including phenoxy) is 2. The van der Waals surface area contributed by atoms with E-state index in [0.29, 0.717) is 25.4 Å². The first-order valence-electron chi connectivity index (χ1n) is 9.93. The van der Waals surface area contributed by atoms with Gasteiger partial charge in [-0.15, -0.1) is 0 Å². The van der Waals surface area contributed by atoms with Crippen molar-refractivity contribution in [3.63, 3.8) is 0 Å². The molecule has 0 N–H and O–H groups in total. The minimum Gasteiger partial charge on any atom is -0.486 e. The largest absolute Gasteiger partial charge is 0.534 e. The molecule has 1 saturated heterocycles. The van der Waals surface area contributed by atoms with E-state index in [0.717, 1.165) is 30.7 Å². The number of fused-ring (bicyclic) bond motifs is 1. The molecule has 0 saturated carbocycles. The van der Waals surface area contributed by atoms with Gasteiger partial charge in [-0.1, -0.05) is 24.3 Å². The van der Waals surface area contributed by atoms with Crippen LogP contribution in [0.15, 0.2) is 48.5 Å². The Kier molecular flexibility index (Phi) is 6.02. The lowest BCUT2D eigenvalue weighted by molar-refractivity contribution is -0.0500. The first-order chi connectivity index (χ1) is 14.7. The molecule has 2 aromatic rings. The highest BCUT2D eigenvalue weighted by Gasteiger charge is 2.48. The van der Waals surface area contributed by atoms with E-state index >= 15 is 0 Å². The summed E-state index contributed by atoms with van der Waals surface area (Å²) in [5.41, 5.74) is -4.73. The molecule has 2 heterocycles. The lowest BCUT2D eigenvalue weighted by Gasteiger charge is -2.36. The maximum absolute atomic E-state index is 12.6. The molecule has 4 rings (SSSR count). The molecule has 0 radical (unpaired) electrons. The third-order valence-electron chi connectivity index (χ3n) is 5.35. The SMILES string of the molecule is O=S(=O)(Oc1cccc([C@H]2CCCN(C[C@H]3COc4ccccc4O3)C2)c1)C(F)(F)F. The number of piperidine rings is 1. The zero-order valence-corrected chi connectivity index (χ0v) is 17.4. The van der Waals surface area contributed by atoms with Crippen LogP contribution in [-0.4, -0.2) is 51.2 Å². The van der Waals surface area contributed by atoms with Crippen LogP contribution in [0, 0.1) is 0 Å². The van der Waals surface area contributed by atoms with Gasteiger partial charge in [-0.25, -0.2) is 0 Å². The molecule has 0 spiro atoms. The lowest BCUT2D eigenvalue weighted by atomic mass is 9.90. The van der Waals surface area contributed by atoms with Crippen molar-refractivity contribution in [1.82, 2.24) is 4.90 Å². The Balaban J connectivity index is 1.40. The van der Waals surface area contributed by atoms with Crippen LogP contribution in [0.5, 0.6) is 17.2 Å². The second-order valence-corrected chi connectivity index (χ2v) is 9.19. The summed E-state index contributed by atoms with van der Waals surface area (Å²) in [4.78, 5) is 2.23. The summed E-state index contributed by atoms with van der Waals surface area (Å²) in [7, 11) is -5.69. The van der Waals surface area contributed by atoms with E-state index in [1.54, 1.807) is 6.07 Å². The molecule has 0 bridgehead atoms. The van der Waals surface area contributed by atoms with Crippen molar-refractivity contribution >= 4 is 10.1 Å². The Morgan fingerprint density at radius 1 is 1.10 bits per heavy atom. The van der Waals surface area contributed by atoms with Crippen LogP contribution in [0.2, 0.25) is 0 Å². The molecule has 2 aliphatic heterocycles. The van der Waals surface area contributed by atoms with Gasteiger partial charge in [0.1, 0.15) is 18.5 Å². The number of alkyl halides is 3. The van der Waals surface area contributed by atoms with Gasteiger partial charge in [-0.05, 0) is 55.1 Å². The highest BCUT2D eigenvalue weighted by atomic mass is 32.2. The molecule has 168 valence electrons. The number of hydrogen-bond donors (Lipinski definition) is 0. The van der Waals surface area contributed by atoms with E-state index in [4.69, 9.17) is 9.47 Å². The number of benzene rings is 2. The van der Waals surface area contributed by atoms with Crippen LogP contribution < -0.4 is 13.7 Å². The normalized spacial score (nSPS) is 22.2. The summed E-state index contributed by atoms with van der Waals surface area (Å²) in [6, 6.07) is 13.3. The summed E-state index contributed by atoms with van der Waals surface area (Å²) >= 11 is 0. The maximum Gasteiger partial charge on any atom is 0.534 e. The quantitative estimate of drug-likeness (QED) is 0.501. The van der Waals surface area contributed by atoms with Crippen LogP contribution >= 0.6 is 0 Å². The zero-order chi connectivity index (χ0) is 22.1. The van der Waals surface area contributed by atoms with Gasteiger partial charge in [0.25, 0.3) is 0 Å². The molecule has 10 heteroatoms. The minimum absolute atomic E-state index is 0.0442. The average Bonchev–Trinajstić information content (AvgIpc) is 2.73. The van der Waals surface area contributed by atoms with Gasteiger partial charge in [-0.3, -0.25) is 4.90 Å². The van der Waals surface area contributed by atoms with Crippen LogP contribution in [0.4, 0.5) is 13.2 Å². The number of halogens is 3. The summed E-state index contributed by atoms with van der Waals surface area (Å²) in [6.07, 6.45) is 1.62. The first kappa shape index (κ1) is 21.8. The first-order valence-corrected chi connectivity index (χ1v) is 11.3. The molecule has 1 fully saturated rings. The van der Waals surface area contributed by atoms with Crippen LogP contribution in [0.25, 0.3) is 0 Å². The number of likely N-dealkylation sites (tertiary alicyclic amines) is 1. The molecule has 2 atom stereocenters. The van der Waals surface area contributed by atoms with Crippen molar-refractivity contribution < 1.29 is 35.2 Å². The third kappa shape index (κ3) is 5.07. The number of rotatable bonds is 5. The van der Waals surface area contributed by atoms with Crippen molar-refractivity contribution in [2.24, 2.45) is 0 Å². The van der Waals surface area contributed by atoms with E-state index in [1.807, 2.05) is 24.3 Å². The van der Waals surface area contributed by atoms with E-state index in [2.05, 4.69) is 9.08 Å². The lowest BCUT2D eigenvalue weighted by Crippen LogP contribution is -2.44. The molecule has 0 aromatic heterocycles. The molecule has 2 aromatic carbocycles. The monoisotopic (exact) mass is 457 g/mol. The summed E-state index contributed by atoms with van der Waals surface area (Å²) < 4.78 is 76.4. The molecule has 2 aliphatic rings. The van der Waals surface area contributed by atoms with Gasteiger partial charge >= 0.3 is 15.6 Å². The molecular formula is C21H22F3NO5S. The van der Waals surface area contributed by atoms with E-state index in [9.17, 15) is 21.6 Å². The highest BCUT2D eigenvalue weighted by Crippen LogP contribution is 2.34. The van der Waals surface area contributed by atoms with Crippen LogP contribution in [-0.2, 0) is 10.1 Å². The van der Waals surface area contributed by atoms with E-state index < -0.39 is 15.6 Å². The smallest absolute Gasteiger partial charge is 0.486 e. The van der Waals surface area contributed by atoms with Gasteiger partial charge in [0.05, 0.1) is 0 Å². The second-order valence-electron chi connectivity index (χ2n) is 7.65. The van der Waals surface area contributed by atoms with Crippen molar-refractivity contribution in [3.05, 3.63) is 54.1 Å². The van der Waals surface area contributed by atoms with E-state index in [1.165, 1.54) is 18.2 Å². The highest BCUT2D eigenvalue weighted by molar-refractivity contribution is 7.88. The Labute approximate surface area is 178 Å². The molecule has 0 unspecified atom stereocenters. The summed E-state index contributed by atoms with van der Waals surface area (Å²) in [6.45, 7) is 2.65. The van der Waals surface area contributed by atoms with Gasteiger partial charge in [0.15, 0.2) is 11.5 Å². The fraction of sp³-hybridized carbons (Fsp3) is 0.429.